The van der Waals surface area contributed by atoms with Gasteiger partial charge in [-0.3, -0.25) is 4.79 Å². The number of amides is 2. The van der Waals surface area contributed by atoms with Crippen LogP contribution in [0, 0.1) is 11.7 Å². The summed E-state index contributed by atoms with van der Waals surface area (Å²) in [6.45, 7) is 8.00. The number of benzene rings is 1. The lowest BCUT2D eigenvalue weighted by atomic mass is 9.80. The van der Waals surface area contributed by atoms with Crippen molar-refractivity contribution in [3.8, 4) is 0 Å². The number of nitrogens with zero attached hydrogens (tertiary/aromatic N) is 1. The third kappa shape index (κ3) is 4.03. The molecule has 1 N–H and O–H groups in total. The van der Waals surface area contributed by atoms with Crippen LogP contribution in [0.1, 0.15) is 33.3 Å². The number of hydrogen-bond acceptors (Lipinski definition) is 4. The molecule has 1 aromatic rings. The zero-order valence-electron chi connectivity index (χ0n) is 16.6. The topological polar surface area (TPSA) is 67.9 Å². The van der Waals surface area contributed by atoms with Crippen molar-refractivity contribution in [3.05, 3.63) is 34.1 Å². The molecule has 0 aromatic heterocycles. The first-order chi connectivity index (χ1) is 13.0. The fourth-order valence-corrected chi connectivity index (χ4v) is 4.42. The molecule has 2 saturated heterocycles. The molecule has 2 fully saturated rings. The van der Waals surface area contributed by atoms with Crippen LogP contribution in [0.4, 0.5) is 9.18 Å². The Morgan fingerprint density at radius 2 is 2.18 bits per heavy atom. The second kappa shape index (κ2) is 7.63. The summed E-state index contributed by atoms with van der Waals surface area (Å²) in [6, 6.07) is 4.57. The molecule has 0 radical (unpaired) electrons. The smallest absolute Gasteiger partial charge is 0.410 e. The van der Waals surface area contributed by atoms with E-state index in [1.54, 1.807) is 43.9 Å². The molecular formula is C20H26BrFN2O4. The van der Waals surface area contributed by atoms with Crippen molar-refractivity contribution < 1.29 is 23.5 Å². The number of hydrogen-bond donors (Lipinski definition) is 1. The Labute approximate surface area is 172 Å². The highest BCUT2D eigenvalue weighted by Gasteiger charge is 2.57. The first-order valence-electron chi connectivity index (χ1n) is 9.35. The molecule has 6 nitrogen and oxygen atoms in total. The molecule has 3 rings (SSSR count). The summed E-state index contributed by atoms with van der Waals surface area (Å²) in [7, 11) is 0. The largest absolute Gasteiger partial charge is 0.444 e. The van der Waals surface area contributed by atoms with E-state index in [0.717, 1.165) is 0 Å². The predicted octanol–water partition coefficient (Wildman–Crippen LogP) is 3.27. The van der Waals surface area contributed by atoms with Crippen LogP contribution in [-0.4, -0.2) is 53.8 Å². The second-order valence-corrected chi connectivity index (χ2v) is 9.40. The van der Waals surface area contributed by atoms with Crippen LogP contribution in [0.15, 0.2) is 22.7 Å². The molecule has 0 bridgehead atoms. The van der Waals surface area contributed by atoms with Crippen LogP contribution in [-0.2, 0) is 20.7 Å². The highest BCUT2D eigenvalue weighted by molar-refractivity contribution is 9.10. The molecule has 2 heterocycles. The average molecular weight is 457 g/mol. The summed E-state index contributed by atoms with van der Waals surface area (Å²) in [6.07, 6.45) is -0.241. The number of carbonyl (C=O) groups excluding carboxylic acids is 2. The van der Waals surface area contributed by atoms with E-state index >= 15 is 0 Å². The van der Waals surface area contributed by atoms with Crippen LogP contribution in [0.3, 0.4) is 0 Å². The van der Waals surface area contributed by atoms with Crippen molar-refractivity contribution in [1.29, 1.82) is 0 Å². The van der Waals surface area contributed by atoms with Gasteiger partial charge in [0.2, 0.25) is 5.91 Å². The van der Waals surface area contributed by atoms with Gasteiger partial charge < -0.3 is 19.7 Å². The minimum Gasteiger partial charge on any atom is -0.444 e. The number of ether oxygens (including phenoxy) is 2. The predicted molar refractivity (Wildman–Crippen MR) is 105 cm³/mol. The molecule has 2 aliphatic rings. The van der Waals surface area contributed by atoms with Crippen LogP contribution >= 0.6 is 15.9 Å². The zero-order valence-corrected chi connectivity index (χ0v) is 18.1. The number of likely N-dealkylation sites (tertiary alicyclic amines) is 1. The molecule has 8 heteroatoms. The van der Waals surface area contributed by atoms with E-state index < -0.39 is 23.3 Å². The fraction of sp³-hybridized carbons (Fsp3) is 0.600. The third-order valence-electron chi connectivity index (χ3n) is 5.34. The summed E-state index contributed by atoms with van der Waals surface area (Å²) in [5, 5.41) is 3.05. The van der Waals surface area contributed by atoms with Crippen molar-refractivity contribution in [2.75, 3.05) is 19.8 Å². The average Bonchev–Trinajstić information content (AvgIpc) is 2.83. The van der Waals surface area contributed by atoms with Crippen LogP contribution in [0.2, 0.25) is 0 Å². The van der Waals surface area contributed by atoms with Gasteiger partial charge in [0.05, 0.1) is 22.7 Å². The van der Waals surface area contributed by atoms with E-state index in [9.17, 15) is 14.0 Å². The Bertz CT molecular complexity index is 782. The lowest BCUT2D eigenvalue weighted by molar-refractivity contribution is -0.137. The maximum atomic E-state index is 14.7. The van der Waals surface area contributed by atoms with Crippen molar-refractivity contribution in [2.24, 2.45) is 5.92 Å². The van der Waals surface area contributed by atoms with Crippen molar-refractivity contribution in [2.45, 2.75) is 51.3 Å². The van der Waals surface area contributed by atoms with E-state index in [2.05, 4.69) is 21.2 Å². The lowest BCUT2D eigenvalue weighted by Gasteiger charge is -2.43. The number of nitrogens with one attached hydrogen (secondary N) is 1. The number of carbonyl (C=O) groups is 2. The molecular weight excluding hydrogens is 431 g/mol. The zero-order chi connectivity index (χ0) is 20.7. The van der Waals surface area contributed by atoms with Crippen molar-refractivity contribution >= 4 is 27.9 Å². The van der Waals surface area contributed by atoms with Crippen molar-refractivity contribution in [3.63, 3.8) is 0 Å². The maximum absolute atomic E-state index is 14.7. The Morgan fingerprint density at radius 1 is 1.46 bits per heavy atom. The van der Waals surface area contributed by atoms with Gasteiger partial charge in [0.15, 0.2) is 0 Å². The second-order valence-electron chi connectivity index (χ2n) is 8.55. The number of rotatable bonds is 2. The van der Waals surface area contributed by atoms with E-state index in [0.29, 0.717) is 16.6 Å². The summed E-state index contributed by atoms with van der Waals surface area (Å²) in [5.41, 5.74) is -0.990. The summed E-state index contributed by atoms with van der Waals surface area (Å²) in [5.74, 6) is -0.683. The van der Waals surface area contributed by atoms with E-state index in [1.165, 1.54) is 0 Å². The van der Waals surface area contributed by atoms with Crippen molar-refractivity contribution in [1.82, 2.24) is 10.2 Å². The normalized spacial score (nSPS) is 27.8. The van der Waals surface area contributed by atoms with E-state index in [-0.39, 0.29) is 37.3 Å². The molecule has 3 unspecified atom stereocenters. The molecule has 1 aromatic carbocycles. The van der Waals surface area contributed by atoms with Gasteiger partial charge in [-0.25, -0.2) is 9.18 Å². The third-order valence-corrected chi connectivity index (χ3v) is 5.95. The van der Waals surface area contributed by atoms with Crippen LogP contribution in [0.5, 0.6) is 0 Å². The quantitative estimate of drug-likeness (QED) is 0.741. The van der Waals surface area contributed by atoms with E-state index in [4.69, 9.17) is 9.47 Å². The summed E-state index contributed by atoms with van der Waals surface area (Å²) in [4.78, 5) is 26.7. The molecule has 2 aliphatic heterocycles. The van der Waals surface area contributed by atoms with E-state index in [1.807, 2.05) is 6.92 Å². The molecule has 154 valence electrons. The molecule has 28 heavy (non-hydrogen) atoms. The first kappa shape index (κ1) is 21.0. The molecule has 0 saturated carbocycles. The molecule has 3 atom stereocenters. The number of morpholine rings is 1. The Morgan fingerprint density at radius 3 is 2.82 bits per heavy atom. The number of halogens is 2. The van der Waals surface area contributed by atoms with Gasteiger partial charge >= 0.3 is 6.09 Å². The Kier molecular flexibility index (Phi) is 5.74. The Hall–Kier alpha value is -1.67. The SMILES string of the molecule is CC1CN(C(=O)OC(C)(C)C)C(Cc2cccc(Br)c2F)C12COCC(=O)N2. The highest BCUT2D eigenvalue weighted by Crippen LogP contribution is 2.39. The maximum Gasteiger partial charge on any atom is 0.410 e. The van der Waals surface area contributed by atoms with Gasteiger partial charge in [0.1, 0.15) is 18.0 Å². The fourth-order valence-electron chi connectivity index (χ4n) is 4.01. The highest BCUT2D eigenvalue weighted by atomic mass is 79.9. The van der Waals surface area contributed by atoms with Crippen LogP contribution < -0.4 is 5.32 Å². The van der Waals surface area contributed by atoms with Gasteiger partial charge in [0.25, 0.3) is 0 Å². The summed E-state index contributed by atoms with van der Waals surface area (Å²) >= 11 is 3.21. The van der Waals surface area contributed by atoms with Gasteiger partial charge in [-0.15, -0.1) is 0 Å². The van der Waals surface area contributed by atoms with Gasteiger partial charge in [-0.1, -0.05) is 19.1 Å². The van der Waals surface area contributed by atoms with Gasteiger partial charge in [-0.2, -0.15) is 0 Å². The van der Waals surface area contributed by atoms with Gasteiger partial charge in [0, 0.05) is 12.5 Å². The standard InChI is InChI=1S/C20H26BrFN2O4/c1-12-9-24(18(26)28-19(2,3)4)15(20(12)11-27-10-16(25)23-20)8-13-6-5-7-14(21)17(13)22/h5-7,12,15H,8-11H2,1-4H3,(H,23,25). The minimum absolute atomic E-state index is 0.0150. The molecule has 1 spiro atoms. The van der Waals surface area contributed by atoms with Crippen LogP contribution in [0.25, 0.3) is 0 Å². The lowest BCUT2D eigenvalue weighted by Crippen LogP contribution is -2.66. The minimum atomic E-state index is -0.791. The monoisotopic (exact) mass is 456 g/mol. The van der Waals surface area contributed by atoms with Gasteiger partial charge in [-0.05, 0) is 54.8 Å². The Balaban J connectivity index is 1.99. The molecule has 2 amide bonds. The molecule has 0 aliphatic carbocycles. The first-order valence-corrected chi connectivity index (χ1v) is 10.1. The summed E-state index contributed by atoms with van der Waals surface area (Å²) < 4.78 is 26.2.